The quantitative estimate of drug-likeness (QED) is 0.929. The van der Waals surface area contributed by atoms with E-state index in [4.69, 9.17) is 0 Å². The molecular weight excluding hydrogens is 290 g/mol. The maximum Gasteiger partial charge on any atom is 0.0542 e. The second kappa shape index (κ2) is 5.14. The monoisotopic (exact) mass is 307 g/mol. The van der Waals surface area contributed by atoms with Crippen LogP contribution in [-0.4, -0.2) is 9.78 Å². The molecule has 1 aromatic carbocycles. The second-order valence-electron chi connectivity index (χ2n) is 4.73. The molecule has 96 valence electrons. The van der Waals surface area contributed by atoms with E-state index in [0.29, 0.717) is 0 Å². The highest BCUT2D eigenvalue weighted by Gasteiger charge is 2.11. The van der Waals surface area contributed by atoms with Crippen LogP contribution in [0, 0.1) is 13.8 Å². The number of nitrogens with one attached hydrogen (secondary N) is 1. The average Bonchev–Trinajstić information content (AvgIpc) is 2.70. The molecule has 0 saturated heterocycles. The molecule has 3 nitrogen and oxygen atoms in total. The number of halogens is 1. The van der Waals surface area contributed by atoms with Crippen molar-refractivity contribution in [3.63, 3.8) is 0 Å². The van der Waals surface area contributed by atoms with Gasteiger partial charge in [0.25, 0.3) is 0 Å². The van der Waals surface area contributed by atoms with E-state index in [1.54, 1.807) is 0 Å². The van der Waals surface area contributed by atoms with Crippen molar-refractivity contribution in [2.45, 2.75) is 26.8 Å². The van der Waals surface area contributed by atoms with Crippen LogP contribution in [0.25, 0.3) is 0 Å². The molecule has 1 heterocycles. The van der Waals surface area contributed by atoms with Gasteiger partial charge in [0, 0.05) is 29.0 Å². The third kappa shape index (κ3) is 2.75. The number of hydrogen-bond acceptors (Lipinski definition) is 2. The Labute approximate surface area is 116 Å². The molecule has 1 N–H and O–H groups in total. The van der Waals surface area contributed by atoms with Crippen LogP contribution in [0.2, 0.25) is 0 Å². The average molecular weight is 308 g/mol. The van der Waals surface area contributed by atoms with Gasteiger partial charge in [0.2, 0.25) is 0 Å². The summed E-state index contributed by atoms with van der Waals surface area (Å²) < 4.78 is 2.95. The molecule has 1 atom stereocenters. The molecule has 0 aliphatic carbocycles. The number of rotatable bonds is 3. The fraction of sp³-hybridized carbons (Fsp3) is 0.357. The van der Waals surface area contributed by atoms with Crippen LogP contribution in [0.3, 0.4) is 0 Å². The van der Waals surface area contributed by atoms with E-state index in [9.17, 15) is 0 Å². The third-order valence-electron chi connectivity index (χ3n) is 3.08. The maximum atomic E-state index is 4.21. The van der Waals surface area contributed by atoms with Gasteiger partial charge in [-0.2, -0.15) is 5.10 Å². The van der Waals surface area contributed by atoms with Crippen molar-refractivity contribution < 1.29 is 0 Å². The molecule has 0 amide bonds. The van der Waals surface area contributed by atoms with E-state index in [0.717, 1.165) is 4.47 Å². The zero-order valence-corrected chi connectivity index (χ0v) is 12.7. The minimum atomic E-state index is 0.247. The van der Waals surface area contributed by atoms with Gasteiger partial charge in [-0.25, -0.2) is 0 Å². The molecular formula is C14H18BrN3. The Bertz CT molecular complexity index is 537. The third-order valence-corrected chi connectivity index (χ3v) is 3.54. The summed E-state index contributed by atoms with van der Waals surface area (Å²) >= 11 is 3.52. The maximum absolute atomic E-state index is 4.21. The van der Waals surface area contributed by atoms with Crippen LogP contribution in [0.1, 0.15) is 29.7 Å². The standard InChI is InChI=1S/C14H18BrN3/c1-9-5-13(15)6-10(2)14(9)17-11(3)12-7-16-18(4)8-12/h5-8,11,17H,1-4H3. The first-order chi connectivity index (χ1) is 8.47. The van der Waals surface area contributed by atoms with Crippen molar-refractivity contribution in [1.82, 2.24) is 9.78 Å². The smallest absolute Gasteiger partial charge is 0.0542 e. The van der Waals surface area contributed by atoms with E-state index in [2.05, 4.69) is 59.2 Å². The predicted octanol–water partition coefficient (Wildman–Crippen LogP) is 3.97. The molecule has 0 fully saturated rings. The first kappa shape index (κ1) is 13.1. The number of aryl methyl sites for hydroxylation is 3. The number of anilines is 1. The molecule has 0 aliphatic rings. The summed E-state index contributed by atoms with van der Waals surface area (Å²) in [6.07, 6.45) is 3.95. The van der Waals surface area contributed by atoms with Crippen molar-refractivity contribution in [2.75, 3.05) is 5.32 Å². The van der Waals surface area contributed by atoms with E-state index in [1.807, 2.05) is 24.1 Å². The Morgan fingerprint density at radius 3 is 2.39 bits per heavy atom. The summed E-state index contributed by atoms with van der Waals surface area (Å²) in [5.74, 6) is 0. The van der Waals surface area contributed by atoms with Crippen LogP contribution >= 0.6 is 15.9 Å². The first-order valence-electron chi connectivity index (χ1n) is 5.99. The van der Waals surface area contributed by atoms with Crippen LogP contribution in [0.15, 0.2) is 29.0 Å². The lowest BCUT2D eigenvalue weighted by molar-refractivity contribution is 0.765. The van der Waals surface area contributed by atoms with Gasteiger partial charge in [-0.05, 0) is 44.0 Å². The van der Waals surface area contributed by atoms with Gasteiger partial charge in [-0.15, -0.1) is 0 Å². The number of aromatic nitrogens is 2. The van der Waals surface area contributed by atoms with Crippen molar-refractivity contribution in [1.29, 1.82) is 0 Å². The van der Waals surface area contributed by atoms with Gasteiger partial charge in [-0.3, -0.25) is 4.68 Å². The van der Waals surface area contributed by atoms with E-state index < -0.39 is 0 Å². The lowest BCUT2D eigenvalue weighted by Gasteiger charge is -2.18. The minimum Gasteiger partial charge on any atom is -0.378 e. The van der Waals surface area contributed by atoms with Gasteiger partial charge in [0.05, 0.1) is 12.2 Å². The summed E-state index contributed by atoms with van der Waals surface area (Å²) in [6.45, 7) is 6.39. The van der Waals surface area contributed by atoms with E-state index in [-0.39, 0.29) is 6.04 Å². The van der Waals surface area contributed by atoms with Gasteiger partial charge in [0.1, 0.15) is 0 Å². The zero-order chi connectivity index (χ0) is 13.3. The summed E-state index contributed by atoms with van der Waals surface area (Å²) in [6, 6.07) is 4.51. The molecule has 0 saturated carbocycles. The van der Waals surface area contributed by atoms with Crippen molar-refractivity contribution >= 4 is 21.6 Å². The molecule has 1 aromatic heterocycles. The lowest BCUT2D eigenvalue weighted by atomic mass is 10.1. The zero-order valence-electron chi connectivity index (χ0n) is 11.2. The largest absolute Gasteiger partial charge is 0.378 e. The summed E-state index contributed by atoms with van der Waals surface area (Å²) in [5.41, 5.74) is 4.89. The van der Waals surface area contributed by atoms with E-state index in [1.165, 1.54) is 22.4 Å². The molecule has 2 rings (SSSR count). The van der Waals surface area contributed by atoms with Crippen molar-refractivity contribution in [3.05, 3.63) is 45.7 Å². The van der Waals surface area contributed by atoms with Crippen LogP contribution in [0.5, 0.6) is 0 Å². The van der Waals surface area contributed by atoms with Gasteiger partial charge in [-0.1, -0.05) is 15.9 Å². The molecule has 0 bridgehead atoms. The second-order valence-corrected chi connectivity index (χ2v) is 5.64. The highest BCUT2D eigenvalue weighted by Crippen LogP contribution is 2.28. The van der Waals surface area contributed by atoms with Crippen LogP contribution < -0.4 is 5.32 Å². The molecule has 18 heavy (non-hydrogen) atoms. The van der Waals surface area contributed by atoms with Gasteiger partial charge >= 0.3 is 0 Å². The topological polar surface area (TPSA) is 29.9 Å². The van der Waals surface area contributed by atoms with Crippen LogP contribution in [-0.2, 0) is 7.05 Å². The highest BCUT2D eigenvalue weighted by molar-refractivity contribution is 9.10. The molecule has 0 spiro atoms. The van der Waals surface area contributed by atoms with Crippen molar-refractivity contribution in [2.24, 2.45) is 7.05 Å². The Morgan fingerprint density at radius 1 is 1.28 bits per heavy atom. The lowest BCUT2D eigenvalue weighted by Crippen LogP contribution is -2.08. The molecule has 0 aliphatic heterocycles. The summed E-state index contributed by atoms with van der Waals surface area (Å²) in [4.78, 5) is 0. The Hall–Kier alpha value is -1.29. The highest BCUT2D eigenvalue weighted by atomic mass is 79.9. The minimum absolute atomic E-state index is 0.247. The van der Waals surface area contributed by atoms with Gasteiger partial charge in [0.15, 0.2) is 0 Å². The molecule has 2 aromatic rings. The fourth-order valence-corrected chi connectivity index (χ4v) is 2.79. The normalized spacial score (nSPS) is 12.5. The summed E-state index contributed by atoms with van der Waals surface area (Å²) in [7, 11) is 1.94. The van der Waals surface area contributed by atoms with E-state index >= 15 is 0 Å². The predicted molar refractivity (Wildman–Crippen MR) is 78.9 cm³/mol. The number of benzene rings is 1. The van der Waals surface area contributed by atoms with Gasteiger partial charge < -0.3 is 5.32 Å². The number of nitrogens with zero attached hydrogens (tertiary/aromatic N) is 2. The Kier molecular flexibility index (Phi) is 3.76. The summed E-state index contributed by atoms with van der Waals surface area (Å²) in [5, 5.41) is 7.77. The van der Waals surface area contributed by atoms with Crippen molar-refractivity contribution in [3.8, 4) is 0 Å². The Morgan fingerprint density at radius 2 is 1.89 bits per heavy atom. The fourth-order valence-electron chi connectivity index (χ4n) is 2.10. The van der Waals surface area contributed by atoms with Crippen LogP contribution in [0.4, 0.5) is 5.69 Å². The molecule has 1 unspecified atom stereocenters. The first-order valence-corrected chi connectivity index (χ1v) is 6.78. The molecule has 4 heteroatoms. The molecule has 0 radical (unpaired) electrons. The SMILES string of the molecule is Cc1cc(Br)cc(C)c1NC(C)c1cnn(C)c1. The number of hydrogen-bond donors (Lipinski definition) is 1. The Balaban J connectivity index is 2.24.